The molecule has 0 saturated carbocycles. The molecule has 2 aromatic rings. The Morgan fingerprint density at radius 2 is 1.68 bits per heavy atom. The minimum Gasteiger partial charge on any atom is -0.288 e. The van der Waals surface area contributed by atoms with Crippen molar-refractivity contribution in [1.82, 2.24) is 0 Å². The number of carbonyl (C=O) groups is 1. The molecule has 2 aromatic carbocycles. The zero-order chi connectivity index (χ0) is 13.0. The van der Waals surface area contributed by atoms with Gasteiger partial charge in [0.1, 0.15) is 0 Å². The molecule has 2 heteroatoms. The van der Waals surface area contributed by atoms with Gasteiger partial charge in [0.15, 0.2) is 5.78 Å². The Balaban J connectivity index is 2.25. The van der Waals surface area contributed by atoms with Crippen molar-refractivity contribution >= 4 is 40.5 Å². The molecule has 0 bridgehead atoms. The summed E-state index contributed by atoms with van der Waals surface area (Å²) in [7, 11) is 0. The number of hydrogen-bond acceptors (Lipinski definition) is 1. The summed E-state index contributed by atoms with van der Waals surface area (Å²) >= 11 is 2.11. The summed E-state index contributed by atoms with van der Waals surface area (Å²) in [6.07, 6.45) is 6.04. The van der Waals surface area contributed by atoms with Gasteiger partial charge in [-0.15, -0.1) is 0 Å². The fourth-order valence-electron chi connectivity index (χ4n) is 2.80. The van der Waals surface area contributed by atoms with E-state index in [1.807, 2.05) is 30.4 Å². The second-order valence-electron chi connectivity index (χ2n) is 4.73. The number of benzene rings is 2. The topological polar surface area (TPSA) is 17.1 Å². The van der Waals surface area contributed by atoms with E-state index in [-0.39, 0.29) is 5.78 Å². The van der Waals surface area contributed by atoms with Crippen molar-refractivity contribution in [3.63, 3.8) is 0 Å². The molecule has 0 spiro atoms. The zero-order valence-corrected chi connectivity index (χ0v) is 12.1. The Labute approximate surface area is 123 Å². The fourth-order valence-corrected chi connectivity index (χ4v) is 3.24. The van der Waals surface area contributed by atoms with E-state index in [2.05, 4.69) is 46.9 Å². The van der Waals surface area contributed by atoms with Crippen LogP contribution in [0, 0.1) is 10.4 Å². The minimum atomic E-state index is 0.138. The van der Waals surface area contributed by atoms with Crippen LogP contribution in [0.15, 0.2) is 46.1 Å². The molecule has 0 saturated heterocycles. The summed E-state index contributed by atoms with van der Waals surface area (Å²) in [6.45, 7) is 0. The molecule has 0 atom stereocenters. The lowest BCUT2D eigenvalue weighted by molar-refractivity contribution is 0.104. The van der Waals surface area contributed by atoms with E-state index >= 15 is 0 Å². The maximum atomic E-state index is 12.4. The SMILES string of the molecule is O=C1C(I)=CC=c2ccc3c(c21)C=c1ccccc1=3. The second-order valence-corrected chi connectivity index (χ2v) is 5.90. The molecule has 0 N–H and O–H groups in total. The molecule has 90 valence electrons. The van der Waals surface area contributed by atoms with Crippen LogP contribution in [0.1, 0.15) is 15.9 Å². The number of rotatable bonds is 0. The fraction of sp³-hybridized carbons (Fsp3) is 0. The predicted octanol–water partition coefficient (Wildman–Crippen LogP) is 2.41. The normalized spacial score (nSPS) is 14.8. The van der Waals surface area contributed by atoms with Crippen molar-refractivity contribution < 1.29 is 4.79 Å². The van der Waals surface area contributed by atoms with Crippen molar-refractivity contribution in [2.45, 2.75) is 0 Å². The predicted molar refractivity (Wildman–Crippen MR) is 84.3 cm³/mol. The number of hydrogen-bond donors (Lipinski definition) is 0. The monoisotopic (exact) mass is 356 g/mol. The van der Waals surface area contributed by atoms with E-state index in [4.69, 9.17) is 0 Å². The molecule has 19 heavy (non-hydrogen) atoms. The van der Waals surface area contributed by atoms with Gasteiger partial charge in [0.2, 0.25) is 0 Å². The van der Waals surface area contributed by atoms with Gasteiger partial charge in [0, 0.05) is 5.56 Å². The third kappa shape index (κ3) is 1.49. The van der Waals surface area contributed by atoms with E-state index in [0.717, 1.165) is 19.9 Å². The molecule has 1 nitrogen and oxygen atoms in total. The smallest absolute Gasteiger partial charge is 0.200 e. The van der Waals surface area contributed by atoms with Gasteiger partial charge in [-0.25, -0.2) is 0 Å². The van der Waals surface area contributed by atoms with E-state index < -0.39 is 0 Å². The number of allylic oxidation sites excluding steroid dienone is 2. The summed E-state index contributed by atoms with van der Waals surface area (Å²) in [5.74, 6) is 0.138. The Kier molecular flexibility index (Phi) is 2.30. The largest absolute Gasteiger partial charge is 0.288 e. The number of ketones is 1. The van der Waals surface area contributed by atoms with Crippen LogP contribution < -0.4 is 10.4 Å². The lowest BCUT2D eigenvalue weighted by atomic mass is 9.96. The molecule has 0 amide bonds. The lowest BCUT2D eigenvalue weighted by Gasteiger charge is -2.09. The van der Waals surface area contributed by atoms with Crippen molar-refractivity contribution in [1.29, 1.82) is 0 Å². The first-order chi connectivity index (χ1) is 9.25. The zero-order valence-electron chi connectivity index (χ0n) is 9.98. The van der Waals surface area contributed by atoms with Gasteiger partial charge >= 0.3 is 0 Å². The van der Waals surface area contributed by atoms with Crippen LogP contribution in [-0.2, 0) is 0 Å². The first kappa shape index (κ1) is 11.2. The average molecular weight is 356 g/mol. The molecule has 0 unspecified atom stereocenters. The quantitative estimate of drug-likeness (QED) is 0.566. The van der Waals surface area contributed by atoms with Crippen LogP contribution in [0.5, 0.6) is 0 Å². The third-order valence-corrected chi connectivity index (χ3v) is 4.53. The number of fused-ring (bicyclic) bond motifs is 4. The summed E-state index contributed by atoms with van der Waals surface area (Å²) in [5.41, 5.74) is 1.92. The Bertz CT molecular complexity index is 981. The maximum Gasteiger partial charge on any atom is 0.200 e. The van der Waals surface area contributed by atoms with Gasteiger partial charge in [-0.3, -0.25) is 4.79 Å². The Morgan fingerprint density at radius 1 is 0.842 bits per heavy atom. The second kappa shape index (κ2) is 3.90. The maximum absolute atomic E-state index is 12.4. The Hall–Kier alpha value is -1.68. The summed E-state index contributed by atoms with van der Waals surface area (Å²) in [6, 6.07) is 12.4. The average Bonchev–Trinajstić information content (AvgIpc) is 2.81. The lowest BCUT2D eigenvalue weighted by Crippen LogP contribution is -2.20. The molecule has 0 aromatic heterocycles. The van der Waals surface area contributed by atoms with Crippen LogP contribution in [-0.4, -0.2) is 5.78 Å². The highest BCUT2D eigenvalue weighted by Gasteiger charge is 2.19. The summed E-state index contributed by atoms with van der Waals surface area (Å²) < 4.78 is 0.780. The van der Waals surface area contributed by atoms with E-state index in [1.54, 1.807) is 0 Å². The van der Waals surface area contributed by atoms with Gasteiger partial charge in [-0.05, 0) is 61.2 Å². The molecule has 4 rings (SSSR count). The van der Waals surface area contributed by atoms with Gasteiger partial charge < -0.3 is 0 Å². The highest BCUT2D eigenvalue weighted by atomic mass is 127. The molecule has 0 fully saturated rings. The van der Waals surface area contributed by atoms with Gasteiger partial charge in [0.05, 0.1) is 3.58 Å². The van der Waals surface area contributed by atoms with Crippen molar-refractivity contribution in [3.05, 3.63) is 78.1 Å². The van der Waals surface area contributed by atoms with Crippen LogP contribution in [0.3, 0.4) is 0 Å². The first-order valence-electron chi connectivity index (χ1n) is 6.12. The summed E-state index contributed by atoms with van der Waals surface area (Å²) in [4.78, 5) is 12.4. The number of Topliss-reactive ketones (excluding diaryl/α,β-unsaturated/α-hetero) is 1. The van der Waals surface area contributed by atoms with E-state index in [0.29, 0.717) is 0 Å². The van der Waals surface area contributed by atoms with Crippen molar-refractivity contribution in [2.75, 3.05) is 0 Å². The third-order valence-electron chi connectivity index (χ3n) is 3.68. The van der Waals surface area contributed by atoms with Crippen molar-refractivity contribution in [3.8, 4) is 0 Å². The number of carbonyl (C=O) groups excluding carboxylic acids is 1. The molecular formula is C17H9IO. The first-order valence-corrected chi connectivity index (χ1v) is 7.20. The van der Waals surface area contributed by atoms with Crippen molar-refractivity contribution in [2.24, 2.45) is 0 Å². The number of halogens is 1. The van der Waals surface area contributed by atoms with E-state index in [9.17, 15) is 4.79 Å². The molecule has 2 aliphatic carbocycles. The van der Waals surface area contributed by atoms with Crippen LogP contribution in [0.2, 0.25) is 0 Å². The van der Waals surface area contributed by atoms with Gasteiger partial charge in [0.25, 0.3) is 0 Å². The Morgan fingerprint density at radius 3 is 2.58 bits per heavy atom. The van der Waals surface area contributed by atoms with Crippen LogP contribution in [0.4, 0.5) is 0 Å². The highest BCUT2D eigenvalue weighted by Crippen LogP contribution is 2.21. The van der Waals surface area contributed by atoms with E-state index in [1.165, 1.54) is 15.7 Å². The molecule has 2 aliphatic rings. The van der Waals surface area contributed by atoms with Gasteiger partial charge in [-0.1, -0.05) is 42.5 Å². The van der Waals surface area contributed by atoms with Gasteiger partial charge in [-0.2, -0.15) is 0 Å². The summed E-state index contributed by atoms with van der Waals surface area (Å²) in [5, 5.41) is 4.61. The molecule has 0 radical (unpaired) electrons. The standard InChI is InChI=1S/C17H9IO/c18-15-8-6-10-5-7-13-12-4-2-1-3-11(12)9-14(13)16(10)17(15)19/h1-9H. The minimum absolute atomic E-state index is 0.138. The molecular weight excluding hydrogens is 347 g/mol. The highest BCUT2D eigenvalue weighted by molar-refractivity contribution is 14.1. The van der Waals surface area contributed by atoms with Crippen LogP contribution in [0.25, 0.3) is 12.2 Å². The molecule has 0 aliphatic heterocycles. The van der Waals surface area contributed by atoms with Crippen LogP contribution >= 0.6 is 22.6 Å². The molecule has 0 heterocycles.